The molecule has 0 atom stereocenters. The molecule has 1 heterocycles. The summed E-state index contributed by atoms with van der Waals surface area (Å²) in [5.41, 5.74) is 1.95. The van der Waals surface area contributed by atoms with Gasteiger partial charge in [0.15, 0.2) is 0 Å². The van der Waals surface area contributed by atoms with Crippen molar-refractivity contribution in [2.45, 2.75) is 6.92 Å². The maximum absolute atomic E-state index is 8.61. The minimum Gasteiger partial charge on any atom is -0.375 e. The van der Waals surface area contributed by atoms with Crippen LogP contribution >= 0.6 is 0 Å². The van der Waals surface area contributed by atoms with Crippen LogP contribution in [0.3, 0.4) is 0 Å². The quantitative estimate of drug-likeness (QED) is 0.499. The minimum atomic E-state index is 0.749. The molecule has 1 aliphatic rings. The highest BCUT2D eigenvalue weighted by molar-refractivity contribution is 5.37. The lowest BCUT2D eigenvalue weighted by Crippen LogP contribution is -2.17. The fourth-order valence-corrected chi connectivity index (χ4v) is 0.890. The van der Waals surface area contributed by atoms with E-state index in [9.17, 15) is 0 Å². The summed E-state index contributed by atoms with van der Waals surface area (Å²) in [5.74, 6) is 0. The van der Waals surface area contributed by atoms with Gasteiger partial charge in [0.2, 0.25) is 0 Å². The fourth-order valence-electron chi connectivity index (χ4n) is 0.890. The van der Waals surface area contributed by atoms with Crippen LogP contribution in [0.15, 0.2) is 23.4 Å². The van der Waals surface area contributed by atoms with Crippen LogP contribution in [-0.4, -0.2) is 18.5 Å². The topological polar surface area (TPSA) is 27.0 Å². The molecule has 0 aliphatic carbocycles. The van der Waals surface area contributed by atoms with Gasteiger partial charge in [0.05, 0.1) is 18.2 Å². The van der Waals surface area contributed by atoms with Crippen LogP contribution in [-0.2, 0) is 0 Å². The molecule has 0 fully saturated rings. The van der Waals surface area contributed by atoms with E-state index < -0.39 is 0 Å². The number of nitriles is 1. The molecule has 0 amide bonds. The summed E-state index contributed by atoms with van der Waals surface area (Å²) < 4.78 is 0. The Morgan fingerprint density at radius 2 is 2.40 bits per heavy atom. The Balaban J connectivity index is 2.87. The van der Waals surface area contributed by atoms with Gasteiger partial charge in [-0.1, -0.05) is 0 Å². The first-order chi connectivity index (χ1) is 4.74. The zero-order valence-electron chi connectivity index (χ0n) is 6.26. The molecule has 2 heteroatoms. The normalized spacial score (nSPS) is 17.5. The average Bonchev–Trinajstić information content (AvgIpc) is 1.94. The highest BCUT2D eigenvalue weighted by Gasteiger charge is 2.05. The standard InChI is InChI=1S/C8H10N2/c1-7-3-4-10(2)6-8(7)5-9/h3-4H,6H2,1-2H3. The molecule has 0 saturated heterocycles. The fraction of sp³-hybridized carbons (Fsp3) is 0.375. The Morgan fingerprint density at radius 3 is 2.90 bits per heavy atom. The van der Waals surface area contributed by atoms with Crippen molar-refractivity contribution in [3.05, 3.63) is 23.4 Å². The van der Waals surface area contributed by atoms with Gasteiger partial charge in [0.25, 0.3) is 0 Å². The smallest absolute Gasteiger partial charge is 0.0968 e. The number of nitrogens with zero attached hydrogens (tertiary/aromatic N) is 2. The first kappa shape index (κ1) is 6.88. The monoisotopic (exact) mass is 134 g/mol. The van der Waals surface area contributed by atoms with Crippen molar-refractivity contribution in [2.24, 2.45) is 0 Å². The van der Waals surface area contributed by atoms with Crippen molar-refractivity contribution in [3.8, 4) is 6.07 Å². The Bertz CT molecular complexity index is 230. The Hall–Kier alpha value is -1.23. The van der Waals surface area contributed by atoms with Gasteiger partial charge in [-0.25, -0.2) is 0 Å². The summed E-state index contributed by atoms with van der Waals surface area (Å²) in [4.78, 5) is 1.99. The average molecular weight is 134 g/mol. The number of allylic oxidation sites excluding steroid dienone is 2. The highest BCUT2D eigenvalue weighted by atomic mass is 15.1. The third-order valence-electron chi connectivity index (χ3n) is 1.60. The zero-order valence-corrected chi connectivity index (χ0v) is 6.26. The molecule has 0 N–H and O–H groups in total. The van der Waals surface area contributed by atoms with E-state index in [2.05, 4.69) is 6.07 Å². The lowest BCUT2D eigenvalue weighted by molar-refractivity contribution is 0.493. The zero-order chi connectivity index (χ0) is 7.56. The molecule has 2 nitrogen and oxygen atoms in total. The third-order valence-corrected chi connectivity index (χ3v) is 1.60. The Morgan fingerprint density at radius 1 is 1.70 bits per heavy atom. The van der Waals surface area contributed by atoms with Crippen molar-refractivity contribution in [3.63, 3.8) is 0 Å². The summed E-state index contributed by atoms with van der Waals surface area (Å²) in [5, 5.41) is 8.61. The summed E-state index contributed by atoms with van der Waals surface area (Å²) in [7, 11) is 1.96. The van der Waals surface area contributed by atoms with E-state index in [0.29, 0.717) is 0 Å². The van der Waals surface area contributed by atoms with Crippen molar-refractivity contribution < 1.29 is 0 Å². The highest BCUT2D eigenvalue weighted by Crippen LogP contribution is 2.11. The van der Waals surface area contributed by atoms with Crippen LogP contribution < -0.4 is 0 Å². The number of hydrogen-bond acceptors (Lipinski definition) is 2. The van der Waals surface area contributed by atoms with Gasteiger partial charge in [-0.2, -0.15) is 5.26 Å². The van der Waals surface area contributed by atoms with Crippen LogP contribution in [0.5, 0.6) is 0 Å². The number of likely N-dealkylation sites (N-methyl/N-ethyl adjacent to an activating group) is 1. The van der Waals surface area contributed by atoms with E-state index in [0.717, 1.165) is 17.7 Å². The molecule has 0 unspecified atom stereocenters. The van der Waals surface area contributed by atoms with Crippen molar-refractivity contribution in [2.75, 3.05) is 13.6 Å². The molecule has 0 spiro atoms. The van der Waals surface area contributed by atoms with Crippen LogP contribution in [0.1, 0.15) is 6.92 Å². The van der Waals surface area contributed by atoms with E-state index in [-0.39, 0.29) is 0 Å². The van der Waals surface area contributed by atoms with Crippen molar-refractivity contribution >= 4 is 0 Å². The van der Waals surface area contributed by atoms with Gasteiger partial charge < -0.3 is 4.90 Å². The molecular formula is C8H10N2. The maximum Gasteiger partial charge on any atom is 0.0968 e. The summed E-state index contributed by atoms with van der Waals surface area (Å²) in [6.45, 7) is 2.71. The van der Waals surface area contributed by atoms with E-state index in [4.69, 9.17) is 5.26 Å². The Labute approximate surface area is 61.1 Å². The van der Waals surface area contributed by atoms with Crippen molar-refractivity contribution in [1.29, 1.82) is 5.26 Å². The van der Waals surface area contributed by atoms with E-state index in [1.54, 1.807) is 0 Å². The molecule has 1 rings (SSSR count). The third kappa shape index (κ3) is 1.19. The second-order valence-corrected chi connectivity index (χ2v) is 2.50. The van der Waals surface area contributed by atoms with Gasteiger partial charge in [-0.05, 0) is 24.8 Å². The summed E-state index contributed by atoms with van der Waals surface area (Å²) >= 11 is 0. The maximum atomic E-state index is 8.61. The predicted octanol–water partition coefficient (Wildman–Crippen LogP) is 1.29. The number of hydrogen-bond donors (Lipinski definition) is 0. The predicted molar refractivity (Wildman–Crippen MR) is 40.1 cm³/mol. The Kier molecular flexibility index (Phi) is 1.77. The molecule has 52 valence electrons. The second-order valence-electron chi connectivity index (χ2n) is 2.50. The molecule has 0 radical (unpaired) electrons. The van der Waals surface area contributed by atoms with Crippen molar-refractivity contribution in [1.82, 2.24) is 4.90 Å². The lowest BCUT2D eigenvalue weighted by Gasteiger charge is -2.17. The van der Waals surface area contributed by atoms with Gasteiger partial charge in [0, 0.05) is 7.05 Å². The molecule has 0 aromatic heterocycles. The molecule has 0 saturated carbocycles. The molecule has 0 aromatic rings. The molecule has 10 heavy (non-hydrogen) atoms. The molecule has 0 aromatic carbocycles. The molecule has 1 aliphatic heterocycles. The molecular weight excluding hydrogens is 124 g/mol. The lowest BCUT2D eigenvalue weighted by atomic mass is 10.1. The van der Waals surface area contributed by atoms with E-state index >= 15 is 0 Å². The largest absolute Gasteiger partial charge is 0.375 e. The summed E-state index contributed by atoms with van der Waals surface area (Å²) in [6.07, 6.45) is 3.94. The van der Waals surface area contributed by atoms with Crippen LogP contribution in [0.4, 0.5) is 0 Å². The van der Waals surface area contributed by atoms with Gasteiger partial charge in [-0.15, -0.1) is 0 Å². The minimum absolute atomic E-state index is 0.749. The molecule has 0 bridgehead atoms. The van der Waals surface area contributed by atoms with E-state index in [1.807, 2.05) is 31.1 Å². The number of rotatable bonds is 0. The van der Waals surface area contributed by atoms with E-state index in [1.165, 1.54) is 0 Å². The second kappa shape index (κ2) is 2.57. The summed E-state index contributed by atoms with van der Waals surface area (Å²) in [6, 6.07) is 2.17. The van der Waals surface area contributed by atoms with Crippen LogP contribution in [0.25, 0.3) is 0 Å². The van der Waals surface area contributed by atoms with Gasteiger partial charge in [0.1, 0.15) is 0 Å². The van der Waals surface area contributed by atoms with Crippen LogP contribution in [0.2, 0.25) is 0 Å². The van der Waals surface area contributed by atoms with Crippen LogP contribution in [0, 0.1) is 11.3 Å². The first-order valence-electron chi connectivity index (χ1n) is 3.22. The van der Waals surface area contributed by atoms with Gasteiger partial charge >= 0.3 is 0 Å². The first-order valence-corrected chi connectivity index (χ1v) is 3.22. The SMILES string of the molecule is CC1=C(C#N)CN(C)C=C1. The van der Waals surface area contributed by atoms with Gasteiger partial charge in [-0.3, -0.25) is 0 Å².